The molecule has 2 aliphatic rings. The van der Waals surface area contributed by atoms with Crippen LogP contribution in [0.2, 0.25) is 0 Å². The molecule has 0 unspecified atom stereocenters. The van der Waals surface area contributed by atoms with Crippen LogP contribution in [-0.4, -0.2) is 71.3 Å². The zero-order valence-electron chi connectivity index (χ0n) is 16.0. The smallest absolute Gasteiger partial charge is 0.250 e. The van der Waals surface area contributed by atoms with E-state index in [0.29, 0.717) is 5.41 Å². The first-order chi connectivity index (χ1) is 11.9. The van der Waals surface area contributed by atoms with Crippen molar-refractivity contribution in [1.82, 2.24) is 24.9 Å². The van der Waals surface area contributed by atoms with Crippen LogP contribution in [-0.2, 0) is 10.3 Å². The monoisotopic (exact) mass is 347 g/mol. The molecule has 1 amide bonds. The highest BCUT2D eigenvalue weighted by Gasteiger charge is 2.44. The summed E-state index contributed by atoms with van der Waals surface area (Å²) in [5.74, 6) is 0.258. The molecule has 2 saturated heterocycles. The van der Waals surface area contributed by atoms with Crippen LogP contribution in [0.1, 0.15) is 40.0 Å². The molecule has 3 heterocycles. The molecular formula is C19H33N5O. The number of piperazine rings is 1. The number of nitrogens with zero attached hydrogens (tertiary/aromatic N) is 4. The van der Waals surface area contributed by atoms with E-state index in [1.54, 1.807) is 6.20 Å². The van der Waals surface area contributed by atoms with Gasteiger partial charge in [-0.2, -0.15) is 5.10 Å². The predicted molar refractivity (Wildman–Crippen MR) is 99.4 cm³/mol. The van der Waals surface area contributed by atoms with E-state index in [4.69, 9.17) is 0 Å². The van der Waals surface area contributed by atoms with E-state index in [0.717, 1.165) is 58.7 Å². The Balaban J connectivity index is 1.63. The molecule has 2 fully saturated rings. The first-order valence-corrected chi connectivity index (χ1v) is 9.63. The van der Waals surface area contributed by atoms with Crippen LogP contribution in [0, 0.1) is 5.41 Å². The van der Waals surface area contributed by atoms with E-state index in [1.807, 2.05) is 16.9 Å². The molecule has 0 aromatic carbocycles. The molecule has 0 spiro atoms. The maximum absolute atomic E-state index is 13.4. The summed E-state index contributed by atoms with van der Waals surface area (Å²) in [6, 6.07) is 1.92. The van der Waals surface area contributed by atoms with Gasteiger partial charge in [-0.05, 0) is 50.4 Å². The van der Waals surface area contributed by atoms with E-state index in [1.165, 1.54) is 6.42 Å². The van der Waals surface area contributed by atoms with Crippen molar-refractivity contribution in [3.63, 3.8) is 0 Å². The van der Waals surface area contributed by atoms with E-state index in [9.17, 15) is 4.79 Å². The van der Waals surface area contributed by atoms with E-state index in [-0.39, 0.29) is 5.91 Å². The second kappa shape index (κ2) is 7.46. The molecule has 2 aliphatic heterocycles. The molecule has 1 aromatic heterocycles. The summed E-state index contributed by atoms with van der Waals surface area (Å²) in [6.45, 7) is 13.4. The number of nitrogens with one attached hydrogen (secondary N) is 1. The predicted octanol–water partition coefficient (Wildman–Crippen LogP) is 1.54. The van der Waals surface area contributed by atoms with Crippen molar-refractivity contribution < 1.29 is 4.79 Å². The number of rotatable bonds is 4. The van der Waals surface area contributed by atoms with Crippen molar-refractivity contribution in [2.75, 3.05) is 45.8 Å². The molecule has 1 N–H and O–H groups in total. The topological polar surface area (TPSA) is 53.4 Å². The SMILES string of the molecule is CC(C)(C)CCN1CCN(C(=O)C2(n3cccn3)CCNCC2)CC1. The Hall–Kier alpha value is -1.40. The van der Waals surface area contributed by atoms with E-state index in [2.05, 4.69) is 41.0 Å². The average Bonchev–Trinajstić information content (AvgIpc) is 3.15. The Bertz CT molecular complexity index is 549. The molecule has 3 rings (SSSR count). The van der Waals surface area contributed by atoms with Crippen molar-refractivity contribution in [1.29, 1.82) is 0 Å². The fourth-order valence-corrected chi connectivity index (χ4v) is 3.87. The van der Waals surface area contributed by atoms with Crippen molar-refractivity contribution in [2.45, 2.75) is 45.6 Å². The van der Waals surface area contributed by atoms with Crippen molar-refractivity contribution >= 4 is 5.91 Å². The number of hydrogen-bond acceptors (Lipinski definition) is 4. The fraction of sp³-hybridized carbons (Fsp3) is 0.789. The van der Waals surface area contributed by atoms with Gasteiger partial charge in [0.1, 0.15) is 5.54 Å². The molecule has 25 heavy (non-hydrogen) atoms. The van der Waals surface area contributed by atoms with Crippen LogP contribution in [0.15, 0.2) is 18.5 Å². The summed E-state index contributed by atoms with van der Waals surface area (Å²) in [6.07, 6.45) is 6.56. The maximum Gasteiger partial charge on any atom is 0.250 e. The molecule has 1 aromatic rings. The minimum atomic E-state index is -0.498. The highest BCUT2D eigenvalue weighted by atomic mass is 16.2. The maximum atomic E-state index is 13.4. The second-order valence-corrected chi connectivity index (χ2v) is 8.68. The van der Waals surface area contributed by atoms with Gasteiger partial charge in [0.25, 0.3) is 5.91 Å². The quantitative estimate of drug-likeness (QED) is 0.898. The van der Waals surface area contributed by atoms with E-state index >= 15 is 0 Å². The normalized spacial score (nSPS) is 22.1. The first-order valence-electron chi connectivity index (χ1n) is 9.63. The average molecular weight is 348 g/mol. The molecule has 0 radical (unpaired) electrons. The molecule has 0 saturated carbocycles. The third-order valence-corrected chi connectivity index (χ3v) is 5.61. The number of carbonyl (C=O) groups is 1. The Labute approximate surface area is 151 Å². The van der Waals surface area contributed by atoms with Crippen LogP contribution in [0.4, 0.5) is 0 Å². The van der Waals surface area contributed by atoms with Gasteiger partial charge in [-0.1, -0.05) is 20.8 Å². The van der Waals surface area contributed by atoms with E-state index < -0.39 is 5.54 Å². The van der Waals surface area contributed by atoms with Gasteiger partial charge < -0.3 is 10.2 Å². The zero-order valence-corrected chi connectivity index (χ0v) is 16.0. The lowest BCUT2D eigenvalue weighted by Crippen LogP contribution is -2.59. The Morgan fingerprint density at radius 2 is 1.84 bits per heavy atom. The molecule has 0 aliphatic carbocycles. The molecule has 0 bridgehead atoms. The highest BCUT2D eigenvalue weighted by molar-refractivity contribution is 5.84. The van der Waals surface area contributed by atoms with Gasteiger partial charge in [-0.25, -0.2) is 0 Å². The molecule has 6 heteroatoms. The molecular weight excluding hydrogens is 314 g/mol. The lowest BCUT2D eigenvalue weighted by Gasteiger charge is -2.43. The molecule has 0 atom stereocenters. The van der Waals surface area contributed by atoms with Gasteiger partial charge >= 0.3 is 0 Å². The Morgan fingerprint density at radius 3 is 2.40 bits per heavy atom. The lowest BCUT2D eigenvalue weighted by molar-refractivity contribution is -0.145. The number of piperidine rings is 1. The van der Waals surface area contributed by atoms with Crippen LogP contribution < -0.4 is 5.32 Å². The fourth-order valence-electron chi connectivity index (χ4n) is 3.87. The van der Waals surface area contributed by atoms with Gasteiger partial charge in [-0.15, -0.1) is 0 Å². The minimum absolute atomic E-state index is 0.258. The Kier molecular flexibility index (Phi) is 5.49. The largest absolute Gasteiger partial charge is 0.338 e. The highest BCUT2D eigenvalue weighted by Crippen LogP contribution is 2.30. The van der Waals surface area contributed by atoms with Gasteiger partial charge in [0, 0.05) is 38.6 Å². The third-order valence-electron chi connectivity index (χ3n) is 5.61. The number of carbonyl (C=O) groups excluding carboxylic acids is 1. The minimum Gasteiger partial charge on any atom is -0.338 e. The summed E-state index contributed by atoms with van der Waals surface area (Å²) < 4.78 is 1.90. The first kappa shape index (κ1) is 18.4. The van der Waals surface area contributed by atoms with Crippen LogP contribution in [0.3, 0.4) is 0 Å². The zero-order chi connectivity index (χ0) is 17.9. The van der Waals surface area contributed by atoms with Gasteiger partial charge in [-0.3, -0.25) is 14.4 Å². The van der Waals surface area contributed by atoms with Crippen molar-refractivity contribution in [3.05, 3.63) is 18.5 Å². The number of aromatic nitrogens is 2. The summed E-state index contributed by atoms with van der Waals surface area (Å²) in [7, 11) is 0. The van der Waals surface area contributed by atoms with Crippen LogP contribution in [0.5, 0.6) is 0 Å². The summed E-state index contributed by atoms with van der Waals surface area (Å²) in [5, 5.41) is 7.81. The van der Waals surface area contributed by atoms with Gasteiger partial charge in [0.15, 0.2) is 0 Å². The van der Waals surface area contributed by atoms with Gasteiger partial charge in [0.05, 0.1) is 0 Å². The van der Waals surface area contributed by atoms with Crippen LogP contribution in [0.25, 0.3) is 0 Å². The number of amides is 1. The lowest BCUT2D eigenvalue weighted by atomic mass is 9.86. The van der Waals surface area contributed by atoms with Gasteiger partial charge in [0.2, 0.25) is 0 Å². The second-order valence-electron chi connectivity index (χ2n) is 8.68. The molecule has 6 nitrogen and oxygen atoms in total. The van der Waals surface area contributed by atoms with Crippen LogP contribution >= 0.6 is 0 Å². The summed E-state index contributed by atoms with van der Waals surface area (Å²) in [4.78, 5) is 18.0. The summed E-state index contributed by atoms with van der Waals surface area (Å²) in [5.41, 5.74) is -0.130. The standard InChI is InChI=1S/C19H33N5O/c1-18(2,3)7-12-22-13-15-23(16-14-22)17(25)19(5-9-20-10-6-19)24-11-4-8-21-24/h4,8,11,20H,5-7,9-10,12-16H2,1-3H3. The third kappa shape index (κ3) is 4.23. The van der Waals surface area contributed by atoms with Crippen molar-refractivity contribution in [3.8, 4) is 0 Å². The molecule has 140 valence electrons. The number of hydrogen-bond donors (Lipinski definition) is 1. The van der Waals surface area contributed by atoms with Crippen molar-refractivity contribution in [2.24, 2.45) is 5.41 Å². The Morgan fingerprint density at radius 1 is 1.16 bits per heavy atom. The summed E-state index contributed by atoms with van der Waals surface area (Å²) >= 11 is 0.